The SMILES string of the molecule is CSC(=O)OC(=C(C#N)c1ccc(C(C)(C)C)cc1)c1ccccc1C(F)(F)F. The summed E-state index contributed by atoms with van der Waals surface area (Å²) in [6, 6.07) is 13.5. The minimum absolute atomic E-state index is 0.133. The lowest BCUT2D eigenvalue weighted by Crippen LogP contribution is -2.12. The quantitative estimate of drug-likeness (QED) is 0.235. The number of nitriles is 1. The molecule has 0 aliphatic heterocycles. The van der Waals surface area contributed by atoms with Crippen molar-refractivity contribution in [1.29, 1.82) is 5.26 Å². The predicted octanol–water partition coefficient (Wildman–Crippen LogP) is 6.89. The van der Waals surface area contributed by atoms with E-state index in [9.17, 15) is 23.2 Å². The Morgan fingerprint density at radius 3 is 2.10 bits per heavy atom. The smallest absolute Gasteiger partial charge is 0.416 e. The molecule has 0 aromatic heterocycles. The number of thioether (sulfide) groups is 1. The number of rotatable bonds is 3. The van der Waals surface area contributed by atoms with Crippen molar-refractivity contribution < 1.29 is 22.7 Å². The third kappa shape index (κ3) is 5.42. The highest BCUT2D eigenvalue weighted by atomic mass is 32.2. The monoisotopic (exact) mass is 419 g/mol. The lowest BCUT2D eigenvalue weighted by molar-refractivity contribution is -0.137. The van der Waals surface area contributed by atoms with Crippen molar-refractivity contribution >= 4 is 28.4 Å². The number of benzene rings is 2. The van der Waals surface area contributed by atoms with Crippen LogP contribution < -0.4 is 0 Å². The Morgan fingerprint density at radius 1 is 1.03 bits per heavy atom. The highest BCUT2D eigenvalue weighted by Crippen LogP contribution is 2.38. The molecule has 2 rings (SSSR count). The molecule has 0 amide bonds. The van der Waals surface area contributed by atoms with Crippen LogP contribution in [0.15, 0.2) is 48.5 Å². The molecule has 0 spiro atoms. The summed E-state index contributed by atoms with van der Waals surface area (Å²) in [5.41, 5.74) is -0.267. The van der Waals surface area contributed by atoms with Gasteiger partial charge in [-0.15, -0.1) is 0 Å². The molecule has 2 aromatic carbocycles. The molecule has 0 aliphatic rings. The lowest BCUT2D eigenvalue weighted by atomic mass is 9.86. The van der Waals surface area contributed by atoms with Crippen molar-refractivity contribution in [1.82, 2.24) is 0 Å². The van der Waals surface area contributed by atoms with Crippen LogP contribution in [0.2, 0.25) is 0 Å². The Hall–Kier alpha value is -2.72. The minimum Gasteiger partial charge on any atom is -0.416 e. The third-order valence-electron chi connectivity index (χ3n) is 4.21. The second-order valence-corrected chi connectivity index (χ2v) is 7.98. The van der Waals surface area contributed by atoms with Crippen LogP contribution in [0.5, 0.6) is 0 Å². The van der Waals surface area contributed by atoms with Crippen LogP contribution >= 0.6 is 11.8 Å². The molecule has 7 heteroatoms. The lowest BCUT2D eigenvalue weighted by Gasteiger charge is -2.20. The number of carbonyl (C=O) groups excluding carboxylic acids is 1. The van der Waals surface area contributed by atoms with Gasteiger partial charge in [0.05, 0.1) is 5.56 Å². The maximum absolute atomic E-state index is 13.5. The van der Waals surface area contributed by atoms with Crippen molar-refractivity contribution in [3.8, 4) is 6.07 Å². The summed E-state index contributed by atoms with van der Waals surface area (Å²) in [6.45, 7) is 6.07. The van der Waals surface area contributed by atoms with Gasteiger partial charge in [-0.25, -0.2) is 4.79 Å². The van der Waals surface area contributed by atoms with E-state index < -0.39 is 22.8 Å². The molecule has 0 bridgehead atoms. The summed E-state index contributed by atoms with van der Waals surface area (Å²) in [5.74, 6) is -0.414. The third-order valence-corrected chi connectivity index (χ3v) is 4.62. The zero-order chi connectivity index (χ0) is 21.8. The van der Waals surface area contributed by atoms with Crippen LogP contribution in [0.4, 0.5) is 18.0 Å². The van der Waals surface area contributed by atoms with E-state index in [0.29, 0.717) is 17.3 Å². The molecule has 0 fully saturated rings. The number of nitrogens with zero attached hydrogens (tertiary/aromatic N) is 1. The molecule has 152 valence electrons. The number of halogens is 3. The molecule has 0 saturated heterocycles. The first-order valence-electron chi connectivity index (χ1n) is 8.66. The fraction of sp³-hybridized carbons (Fsp3) is 0.273. The number of ether oxygens (including phenoxy) is 1. The molecular weight excluding hydrogens is 399 g/mol. The number of alkyl halides is 3. The molecule has 0 aliphatic carbocycles. The zero-order valence-corrected chi connectivity index (χ0v) is 17.2. The van der Waals surface area contributed by atoms with Crippen LogP contribution in [0.25, 0.3) is 11.3 Å². The summed E-state index contributed by atoms with van der Waals surface area (Å²) >= 11 is 0.704. The highest BCUT2D eigenvalue weighted by molar-refractivity contribution is 8.12. The first-order chi connectivity index (χ1) is 13.5. The van der Waals surface area contributed by atoms with E-state index in [0.717, 1.165) is 11.6 Å². The van der Waals surface area contributed by atoms with E-state index in [2.05, 4.69) is 0 Å². The summed E-state index contributed by atoms with van der Waals surface area (Å²) in [7, 11) is 0. The Labute approximate surface area is 172 Å². The van der Waals surface area contributed by atoms with E-state index in [1.165, 1.54) is 24.5 Å². The molecule has 0 N–H and O–H groups in total. The predicted molar refractivity (Wildman–Crippen MR) is 109 cm³/mol. The molecule has 0 heterocycles. The van der Waals surface area contributed by atoms with E-state index in [1.54, 1.807) is 24.3 Å². The average molecular weight is 419 g/mol. The van der Waals surface area contributed by atoms with Gasteiger partial charge in [0.15, 0.2) is 5.76 Å². The zero-order valence-electron chi connectivity index (χ0n) is 16.4. The van der Waals surface area contributed by atoms with Crippen molar-refractivity contribution in [2.24, 2.45) is 0 Å². The highest BCUT2D eigenvalue weighted by Gasteiger charge is 2.35. The van der Waals surface area contributed by atoms with Gasteiger partial charge in [-0.3, -0.25) is 0 Å². The van der Waals surface area contributed by atoms with E-state index >= 15 is 0 Å². The van der Waals surface area contributed by atoms with Crippen molar-refractivity contribution in [3.05, 3.63) is 70.8 Å². The van der Waals surface area contributed by atoms with Crippen molar-refractivity contribution in [2.45, 2.75) is 32.4 Å². The average Bonchev–Trinajstić information content (AvgIpc) is 2.66. The maximum atomic E-state index is 13.5. The fourth-order valence-corrected chi connectivity index (χ4v) is 2.84. The second kappa shape index (κ2) is 8.75. The normalized spacial score (nSPS) is 12.8. The molecule has 0 unspecified atom stereocenters. The molecule has 2 aromatic rings. The van der Waals surface area contributed by atoms with Gasteiger partial charge in [0.25, 0.3) is 0 Å². The van der Waals surface area contributed by atoms with Gasteiger partial charge < -0.3 is 4.74 Å². The van der Waals surface area contributed by atoms with Gasteiger partial charge in [-0.2, -0.15) is 18.4 Å². The molecule has 0 saturated carbocycles. The standard InChI is InChI=1S/C22H20F3NO2S/c1-21(2,3)15-11-9-14(10-12-15)17(13-26)19(28-20(27)29-4)16-7-5-6-8-18(16)22(23,24)25/h5-12H,1-4H3. The maximum Gasteiger partial charge on any atom is 0.417 e. The number of allylic oxidation sites excluding steroid dienone is 1. The van der Waals surface area contributed by atoms with Crippen LogP contribution in [-0.4, -0.2) is 11.6 Å². The van der Waals surface area contributed by atoms with Gasteiger partial charge in [0.1, 0.15) is 11.6 Å². The summed E-state index contributed by atoms with van der Waals surface area (Å²) in [6.07, 6.45) is -3.23. The van der Waals surface area contributed by atoms with E-state index in [4.69, 9.17) is 4.74 Å². The second-order valence-electron chi connectivity index (χ2n) is 7.24. The van der Waals surface area contributed by atoms with Gasteiger partial charge in [0, 0.05) is 5.56 Å². The van der Waals surface area contributed by atoms with Crippen LogP contribution in [-0.2, 0) is 16.3 Å². The first-order valence-corrected chi connectivity index (χ1v) is 9.89. The summed E-state index contributed by atoms with van der Waals surface area (Å²) in [5, 5.41) is 8.92. The molecule has 3 nitrogen and oxygen atoms in total. The van der Waals surface area contributed by atoms with Crippen molar-refractivity contribution in [3.63, 3.8) is 0 Å². The van der Waals surface area contributed by atoms with E-state index in [-0.39, 0.29) is 16.6 Å². The van der Waals surface area contributed by atoms with Gasteiger partial charge >= 0.3 is 11.5 Å². The Morgan fingerprint density at radius 2 is 1.62 bits per heavy atom. The number of hydrogen-bond acceptors (Lipinski definition) is 4. The van der Waals surface area contributed by atoms with E-state index in [1.807, 2.05) is 26.8 Å². The first kappa shape index (κ1) is 22.6. The summed E-state index contributed by atoms with van der Waals surface area (Å²) < 4.78 is 45.8. The largest absolute Gasteiger partial charge is 0.417 e. The van der Waals surface area contributed by atoms with Crippen molar-refractivity contribution in [2.75, 3.05) is 6.26 Å². The molecule has 0 atom stereocenters. The van der Waals surface area contributed by atoms with Crippen LogP contribution in [0.3, 0.4) is 0 Å². The molecular formula is C22H20F3NO2S. The van der Waals surface area contributed by atoms with Gasteiger partial charge in [-0.1, -0.05) is 63.2 Å². The Kier molecular flexibility index (Phi) is 6.81. The molecule has 0 radical (unpaired) electrons. The number of carbonyl (C=O) groups is 1. The Balaban J connectivity index is 2.75. The van der Waals surface area contributed by atoms with Gasteiger partial charge in [0.2, 0.25) is 0 Å². The minimum atomic E-state index is -4.68. The van der Waals surface area contributed by atoms with Crippen LogP contribution in [0, 0.1) is 11.3 Å². The topological polar surface area (TPSA) is 50.1 Å². The number of hydrogen-bond donors (Lipinski definition) is 0. The Bertz CT molecular complexity index is 965. The van der Waals surface area contributed by atoms with Gasteiger partial charge in [-0.05, 0) is 40.6 Å². The fourth-order valence-electron chi connectivity index (χ4n) is 2.68. The summed E-state index contributed by atoms with van der Waals surface area (Å²) in [4.78, 5) is 11.9. The van der Waals surface area contributed by atoms with Crippen LogP contribution in [0.1, 0.15) is 43.0 Å². The molecule has 29 heavy (non-hydrogen) atoms.